The summed E-state index contributed by atoms with van der Waals surface area (Å²) in [6.07, 6.45) is 6.65. The van der Waals surface area contributed by atoms with Crippen molar-refractivity contribution in [3.63, 3.8) is 0 Å². The first-order valence-corrected chi connectivity index (χ1v) is 9.41. The number of carbonyl (C=O) groups is 2. The first-order chi connectivity index (χ1) is 12.8. The van der Waals surface area contributed by atoms with Crippen LogP contribution in [0.2, 0.25) is 0 Å². The van der Waals surface area contributed by atoms with Crippen LogP contribution in [-0.2, 0) is 14.8 Å². The van der Waals surface area contributed by atoms with Gasteiger partial charge in [0.25, 0.3) is 21.8 Å². The van der Waals surface area contributed by atoms with Crippen LogP contribution in [0.5, 0.6) is 0 Å². The molecule has 1 N–H and O–H groups in total. The molecule has 0 aliphatic carbocycles. The standard InChI is InChI=1S/C20H18N2O4S/c1-4-22(20(24)16-10-6-5-7-11-16)17-12-8-9-13-18(17)27(25,26)21-19(23)14-15(2)3/h1,5-14H,2-3H3,(H,21,23). The molecule has 0 aliphatic rings. The first kappa shape index (κ1) is 19.9. The molecule has 2 aromatic rings. The van der Waals surface area contributed by atoms with Crippen LogP contribution >= 0.6 is 0 Å². The Bertz CT molecular complexity index is 1030. The van der Waals surface area contributed by atoms with Gasteiger partial charge in [-0.1, -0.05) is 42.3 Å². The molecule has 0 atom stereocenters. The van der Waals surface area contributed by atoms with Crippen LogP contribution in [0.3, 0.4) is 0 Å². The van der Waals surface area contributed by atoms with E-state index in [0.717, 1.165) is 11.0 Å². The van der Waals surface area contributed by atoms with Crippen molar-refractivity contribution in [1.82, 2.24) is 4.72 Å². The van der Waals surface area contributed by atoms with Crippen molar-refractivity contribution in [2.75, 3.05) is 4.90 Å². The SMILES string of the molecule is C#CN(C(=O)c1ccccc1)c1ccccc1S(=O)(=O)NC(=O)C=C(C)C. The van der Waals surface area contributed by atoms with Crippen molar-refractivity contribution in [2.24, 2.45) is 0 Å². The number of anilines is 1. The summed E-state index contributed by atoms with van der Waals surface area (Å²) in [5.41, 5.74) is 0.920. The third kappa shape index (κ3) is 4.84. The molecule has 0 saturated heterocycles. The third-order valence-corrected chi connectivity index (χ3v) is 4.80. The van der Waals surface area contributed by atoms with E-state index in [1.54, 1.807) is 50.2 Å². The zero-order valence-electron chi connectivity index (χ0n) is 14.8. The maximum absolute atomic E-state index is 12.7. The molecule has 6 nitrogen and oxygen atoms in total. The summed E-state index contributed by atoms with van der Waals surface area (Å²) in [6.45, 7) is 3.33. The number of hydrogen-bond acceptors (Lipinski definition) is 4. The normalized spacial score (nSPS) is 10.4. The van der Waals surface area contributed by atoms with Gasteiger partial charge in [-0.05, 0) is 38.1 Å². The zero-order chi connectivity index (χ0) is 20.0. The van der Waals surface area contributed by atoms with Crippen LogP contribution in [0.1, 0.15) is 24.2 Å². The monoisotopic (exact) mass is 382 g/mol. The van der Waals surface area contributed by atoms with Gasteiger partial charge in [0, 0.05) is 17.7 Å². The molecule has 0 aromatic heterocycles. The van der Waals surface area contributed by atoms with Gasteiger partial charge < -0.3 is 0 Å². The van der Waals surface area contributed by atoms with E-state index >= 15 is 0 Å². The second kappa shape index (κ2) is 8.34. The molecule has 0 fully saturated rings. The quantitative estimate of drug-likeness (QED) is 0.490. The lowest BCUT2D eigenvalue weighted by Gasteiger charge is -2.19. The molecule has 0 unspecified atom stereocenters. The van der Waals surface area contributed by atoms with E-state index in [1.165, 1.54) is 18.2 Å². The third-order valence-electron chi connectivity index (χ3n) is 3.40. The summed E-state index contributed by atoms with van der Waals surface area (Å²) in [5.74, 6) is -1.34. The molecule has 138 valence electrons. The highest BCUT2D eigenvalue weighted by atomic mass is 32.2. The zero-order valence-corrected chi connectivity index (χ0v) is 15.7. The lowest BCUT2D eigenvalue weighted by molar-refractivity contribution is -0.114. The molecule has 0 aliphatic heterocycles. The Balaban J connectivity index is 2.48. The van der Waals surface area contributed by atoms with E-state index in [-0.39, 0.29) is 10.6 Å². The summed E-state index contributed by atoms with van der Waals surface area (Å²) in [4.78, 5) is 25.2. The van der Waals surface area contributed by atoms with E-state index in [0.29, 0.717) is 11.1 Å². The average Bonchev–Trinajstić information content (AvgIpc) is 2.62. The number of carbonyl (C=O) groups excluding carboxylic acids is 2. The summed E-state index contributed by atoms with van der Waals surface area (Å²) in [5, 5.41) is 0. The molecule has 27 heavy (non-hydrogen) atoms. The lowest BCUT2D eigenvalue weighted by atomic mass is 10.2. The van der Waals surface area contributed by atoms with E-state index in [9.17, 15) is 18.0 Å². The first-order valence-electron chi connectivity index (χ1n) is 7.92. The number of nitrogens with one attached hydrogen (secondary N) is 1. The molecule has 0 bridgehead atoms. The van der Waals surface area contributed by atoms with E-state index < -0.39 is 21.8 Å². The summed E-state index contributed by atoms with van der Waals surface area (Å²) in [6, 6.07) is 16.1. The Morgan fingerprint density at radius 1 is 1.04 bits per heavy atom. The van der Waals surface area contributed by atoms with Crippen LogP contribution in [-0.4, -0.2) is 20.2 Å². The fraction of sp³-hybridized carbons (Fsp3) is 0.100. The van der Waals surface area contributed by atoms with Gasteiger partial charge >= 0.3 is 0 Å². The number of sulfonamides is 1. The van der Waals surface area contributed by atoms with Crippen molar-refractivity contribution in [3.05, 3.63) is 71.8 Å². The maximum Gasteiger partial charge on any atom is 0.270 e. The van der Waals surface area contributed by atoms with Gasteiger partial charge in [0.05, 0.1) is 5.69 Å². The minimum atomic E-state index is -4.24. The van der Waals surface area contributed by atoms with Crippen molar-refractivity contribution >= 4 is 27.5 Å². The van der Waals surface area contributed by atoms with Crippen molar-refractivity contribution < 1.29 is 18.0 Å². The number of hydrogen-bond donors (Lipinski definition) is 1. The predicted octanol–water partition coefficient (Wildman–Crippen LogP) is 2.70. The maximum atomic E-state index is 12.7. The van der Waals surface area contributed by atoms with Crippen LogP contribution in [0.25, 0.3) is 0 Å². The van der Waals surface area contributed by atoms with Gasteiger partial charge in [0.2, 0.25) is 0 Å². The van der Waals surface area contributed by atoms with Gasteiger partial charge in [-0.3, -0.25) is 9.59 Å². The largest absolute Gasteiger partial charge is 0.270 e. The molecule has 2 aromatic carbocycles. The minimum absolute atomic E-state index is 0.0219. The van der Waals surface area contributed by atoms with Crippen LogP contribution in [0.4, 0.5) is 5.69 Å². The summed E-state index contributed by atoms with van der Waals surface area (Å²) >= 11 is 0. The number of benzene rings is 2. The van der Waals surface area contributed by atoms with Gasteiger partial charge in [0.1, 0.15) is 4.90 Å². The number of para-hydroxylation sites is 1. The minimum Gasteiger partial charge on any atom is -0.269 e. The van der Waals surface area contributed by atoms with E-state index in [1.807, 2.05) is 4.72 Å². The van der Waals surface area contributed by atoms with Crippen molar-refractivity contribution in [3.8, 4) is 12.5 Å². The fourth-order valence-corrected chi connectivity index (χ4v) is 3.42. The average molecular weight is 382 g/mol. The van der Waals surface area contributed by atoms with E-state index in [4.69, 9.17) is 6.42 Å². The van der Waals surface area contributed by atoms with Crippen molar-refractivity contribution in [1.29, 1.82) is 0 Å². The van der Waals surface area contributed by atoms with Gasteiger partial charge in [-0.2, -0.15) is 0 Å². The van der Waals surface area contributed by atoms with Gasteiger partial charge in [0.15, 0.2) is 0 Å². The molecule has 0 radical (unpaired) electrons. The Morgan fingerprint density at radius 2 is 1.63 bits per heavy atom. The predicted molar refractivity (Wildman–Crippen MR) is 103 cm³/mol. The summed E-state index contributed by atoms with van der Waals surface area (Å²) in [7, 11) is -4.24. The fourth-order valence-electron chi connectivity index (χ4n) is 2.30. The van der Waals surface area contributed by atoms with Gasteiger partial charge in [-0.25, -0.2) is 18.0 Å². The Labute approximate surface area is 158 Å². The molecule has 2 rings (SSSR count). The molecule has 0 saturated carbocycles. The highest BCUT2D eigenvalue weighted by Crippen LogP contribution is 2.26. The van der Waals surface area contributed by atoms with Crippen LogP contribution in [0, 0.1) is 12.5 Å². The number of terminal acetylenes is 1. The molecule has 7 heteroatoms. The topological polar surface area (TPSA) is 83.6 Å². The number of amides is 2. The smallest absolute Gasteiger partial charge is 0.269 e. The number of nitrogens with zero attached hydrogens (tertiary/aromatic N) is 1. The Hall–Kier alpha value is -3.37. The van der Waals surface area contributed by atoms with E-state index in [2.05, 4.69) is 6.04 Å². The van der Waals surface area contributed by atoms with Crippen LogP contribution in [0.15, 0.2) is 71.1 Å². The molecule has 0 heterocycles. The number of allylic oxidation sites excluding steroid dienone is 1. The molecular weight excluding hydrogens is 364 g/mol. The highest BCUT2D eigenvalue weighted by molar-refractivity contribution is 7.90. The summed E-state index contributed by atoms with van der Waals surface area (Å²) < 4.78 is 27.3. The van der Waals surface area contributed by atoms with Crippen LogP contribution < -0.4 is 9.62 Å². The number of rotatable bonds is 5. The highest BCUT2D eigenvalue weighted by Gasteiger charge is 2.26. The lowest BCUT2D eigenvalue weighted by Crippen LogP contribution is -2.32. The second-order valence-electron chi connectivity index (χ2n) is 5.79. The Morgan fingerprint density at radius 3 is 2.22 bits per heavy atom. The second-order valence-corrected chi connectivity index (χ2v) is 7.45. The Kier molecular flexibility index (Phi) is 6.16. The van der Waals surface area contributed by atoms with Crippen molar-refractivity contribution in [2.45, 2.75) is 18.7 Å². The molecule has 0 spiro atoms. The molecular formula is C20H18N2O4S. The van der Waals surface area contributed by atoms with Gasteiger partial charge in [-0.15, -0.1) is 0 Å². The molecule has 2 amide bonds.